The predicted octanol–water partition coefficient (Wildman–Crippen LogP) is 3.96. The molecule has 3 nitrogen and oxygen atoms in total. The average Bonchev–Trinajstić information content (AvgIpc) is 2.26. The standard InChI is InChI=1S/C11H8BrClFN3/c12-8-3-6(14)4-9(13)11(8)17-7-1-2-10(15)16-5-7/h1-5,17H,(H2,15,16). The van der Waals surface area contributed by atoms with Gasteiger partial charge >= 0.3 is 0 Å². The molecule has 0 atom stereocenters. The van der Waals surface area contributed by atoms with Crippen molar-refractivity contribution in [2.24, 2.45) is 0 Å². The number of hydrogen-bond donors (Lipinski definition) is 2. The van der Waals surface area contributed by atoms with Gasteiger partial charge in [0, 0.05) is 4.47 Å². The average molecular weight is 317 g/mol. The van der Waals surface area contributed by atoms with Gasteiger partial charge in [-0.05, 0) is 40.2 Å². The Kier molecular flexibility index (Phi) is 3.49. The van der Waals surface area contributed by atoms with Crippen LogP contribution in [0.15, 0.2) is 34.9 Å². The van der Waals surface area contributed by atoms with E-state index in [1.54, 1.807) is 18.3 Å². The van der Waals surface area contributed by atoms with E-state index in [0.717, 1.165) is 0 Å². The van der Waals surface area contributed by atoms with Gasteiger partial charge in [-0.3, -0.25) is 0 Å². The van der Waals surface area contributed by atoms with E-state index in [4.69, 9.17) is 17.3 Å². The molecule has 88 valence electrons. The minimum atomic E-state index is -0.400. The third-order valence-corrected chi connectivity index (χ3v) is 2.99. The summed E-state index contributed by atoms with van der Waals surface area (Å²) in [6, 6.07) is 5.99. The van der Waals surface area contributed by atoms with E-state index >= 15 is 0 Å². The Morgan fingerprint density at radius 3 is 2.71 bits per heavy atom. The lowest BCUT2D eigenvalue weighted by molar-refractivity contribution is 0.627. The summed E-state index contributed by atoms with van der Waals surface area (Å²) in [5.41, 5.74) is 6.78. The molecule has 0 saturated heterocycles. The maximum Gasteiger partial charge on any atom is 0.125 e. The molecule has 2 rings (SSSR count). The van der Waals surface area contributed by atoms with Crippen molar-refractivity contribution < 1.29 is 4.39 Å². The van der Waals surface area contributed by atoms with Crippen LogP contribution in [0.1, 0.15) is 0 Å². The van der Waals surface area contributed by atoms with Crippen LogP contribution >= 0.6 is 27.5 Å². The number of pyridine rings is 1. The molecule has 0 fully saturated rings. The van der Waals surface area contributed by atoms with Gasteiger partial charge in [-0.1, -0.05) is 11.6 Å². The zero-order valence-corrected chi connectivity index (χ0v) is 10.9. The first-order valence-electron chi connectivity index (χ1n) is 4.69. The molecule has 3 N–H and O–H groups in total. The van der Waals surface area contributed by atoms with E-state index in [0.29, 0.717) is 21.7 Å². The number of nitrogens with one attached hydrogen (secondary N) is 1. The topological polar surface area (TPSA) is 50.9 Å². The lowest BCUT2D eigenvalue weighted by Gasteiger charge is -2.10. The highest BCUT2D eigenvalue weighted by atomic mass is 79.9. The van der Waals surface area contributed by atoms with E-state index in [9.17, 15) is 4.39 Å². The fraction of sp³-hybridized carbons (Fsp3) is 0. The van der Waals surface area contributed by atoms with Crippen molar-refractivity contribution in [3.63, 3.8) is 0 Å². The molecule has 0 spiro atoms. The largest absolute Gasteiger partial charge is 0.384 e. The maximum atomic E-state index is 13.0. The Balaban J connectivity index is 2.33. The van der Waals surface area contributed by atoms with Crippen molar-refractivity contribution >= 4 is 44.7 Å². The fourth-order valence-corrected chi connectivity index (χ4v) is 2.18. The number of aromatic nitrogens is 1. The van der Waals surface area contributed by atoms with Crippen LogP contribution in [0, 0.1) is 5.82 Å². The van der Waals surface area contributed by atoms with Crippen molar-refractivity contribution in [3.05, 3.63) is 45.8 Å². The van der Waals surface area contributed by atoms with E-state index < -0.39 is 5.82 Å². The van der Waals surface area contributed by atoms with E-state index in [2.05, 4.69) is 26.2 Å². The highest BCUT2D eigenvalue weighted by Crippen LogP contribution is 2.33. The van der Waals surface area contributed by atoms with Gasteiger partial charge in [-0.2, -0.15) is 0 Å². The second-order valence-electron chi connectivity index (χ2n) is 3.34. The second kappa shape index (κ2) is 4.89. The summed E-state index contributed by atoms with van der Waals surface area (Å²) in [7, 11) is 0. The highest BCUT2D eigenvalue weighted by Gasteiger charge is 2.08. The quantitative estimate of drug-likeness (QED) is 0.881. The number of nitrogen functional groups attached to an aromatic ring is 1. The molecule has 17 heavy (non-hydrogen) atoms. The smallest absolute Gasteiger partial charge is 0.125 e. The number of nitrogens with zero attached hydrogens (tertiary/aromatic N) is 1. The van der Waals surface area contributed by atoms with Crippen molar-refractivity contribution in [1.29, 1.82) is 0 Å². The minimum absolute atomic E-state index is 0.286. The number of rotatable bonds is 2. The van der Waals surface area contributed by atoms with Gasteiger partial charge in [0.15, 0.2) is 0 Å². The number of halogens is 3. The summed E-state index contributed by atoms with van der Waals surface area (Å²) in [4.78, 5) is 3.93. The molecule has 6 heteroatoms. The van der Waals surface area contributed by atoms with Crippen molar-refractivity contribution in [1.82, 2.24) is 4.98 Å². The Bertz CT molecular complexity index is 522. The molecule has 0 aliphatic heterocycles. The summed E-state index contributed by atoms with van der Waals surface area (Å²) in [5, 5.41) is 3.32. The van der Waals surface area contributed by atoms with Crippen LogP contribution < -0.4 is 11.1 Å². The monoisotopic (exact) mass is 315 g/mol. The lowest BCUT2D eigenvalue weighted by atomic mass is 10.3. The third-order valence-electron chi connectivity index (χ3n) is 2.06. The Hall–Kier alpha value is -1.33. The van der Waals surface area contributed by atoms with Crippen molar-refractivity contribution in [3.8, 4) is 0 Å². The molecule has 1 aromatic carbocycles. The van der Waals surface area contributed by atoms with Gasteiger partial charge in [-0.15, -0.1) is 0 Å². The normalized spacial score (nSPS) is 10.3. The zero-order chi connectivity index (χ0) is 12.4. The molecule has 0 aliphatic carbocycles. The lowest BCUT2D eigenvalue weighted by Crippen LogP contribution is -1.96. The van der Waals surface area contributed by atoms with Crippen LogP contribution in [-0.2, 0) is 0 Å². The van der Waals surface area contributed by atoms with Crippen LogP contribution in [0.5, 0.6) is 0 Å². The van der Waals surface area contributed by atoms with Gasteiger partial charge in [0.2, 0.25) is 0 Å². The first-order valence-corrected chi connectivity index (χ1v) is 5.86. The van der Waals surface area contributed by atoms with E-state index in [-0.39, 0.29) is 5.02 Å². The number of benzene rings is 1. The van der Waals surface area contributed by atoms with Gasteiger partial charge in [0.25, 0.3) is 0 Å². The van der Waals surface area contributed by atoms with Crippen LogP contribution in [0.25, 0.3) is 0 Å². The molecule has 0 saturated carbocycles. The van der Waals surface area contributed by atoms with Crippen molar-refractivity contribution in [2.75, 3.05) is 11.1 Å². The molecule has 1 heterocycles. The summed E-state index contributed by atoms with van der Waals surface area (Å²) in [6.07, 6.45) is 1.57. The maximum absolute atomic E-state index is 13.0. The van der Waals surface area contributed by atoms with Crippen LogP contribution in [0.3, 0.4) is 0 Å². The summed E-state index contributed by atoms with van der Waals surface area (Å²) >= 11 is 9.18. The van der Waals surface area contributed by atoms with Gasteiger partial charge in [0.1, 0.15) is 11.6 Å². The third kappa shape index (κ3) is 2.87. The minimum Gasteiger partial charge on any atom is -0.384 e. The molecule has 0 bridgehead atoms. The molecule has 2 aromatic rings. The number of anilines is 3. The molecular weight excluding hydrogens is 308 g/mol. The second-order valence-corrected chi connectivity index (χ2v) is 4.60. The molecule has 0 amide bonds. The Labute approximate surface area is 111 Å². The molecule has 1 aromatic heterocycles. The van der Waals surface area contributed by atoms with Crippen molar-refractivity contribution in [2.45, 2.75) is 0 Å². The van der Waals surface area contributed by atoms with Crippen LogP contribution in [-0.4, -0.2) is 4.98 Å². The first kappa shape index (κ1) is 12.1. The molecule has 0 unspecified atom stereocenters. The Morgan fingerprint density at radius 1 is 1.35 bits per heavy atom. The molecule has 0 radical (unpaired) electrons. The highest BCUT2D eigenvalue weighted by molar-refractivity contribution is 9.10. The fourth-order valence-electron chi connectivity index (χ4n) is 1.29. The summed E-state index contributed by atoms with van der Waals surface area (Å²) in [6.45, 7) is 0. The predicted molar refractivity (Wildman–Crippen MR) is 71.0 cm³/mol. The summed E-state index contributed by atoms with van der Waals surface area (Å²) < 4.78 is 13.6. The van der Waals surface area contributed by atoms with Crippen LogP contribution in [0.2, 0.25) is 5.02 Å². The SMILES string of the molecule is Nc1ccc(Nc2c(Cl)cc(F)cc2Br)cn1. The van der Waals surface area contributed by atoms with E-state index in [1.807, 2.05) is 0 Å². The van der Waals surface area contributed by atoms with Gasteiger partial charge in [0.05, 0.1) is 22.6 Å². The zero-order valence-electron chi connectivity index (χ0n) is 8.55. The molecule has 0 aliphatic rings. The van der Waals surface area contributed by atoms with Crippen LogP contribution in [0.4, 0.5) is 21.6 Å². The first-order chi connectivity index (χ1) is 8.06. The number of hydrogen-bond acceptors (Lipinski definition) is 3. The van der Waals surface area contributed by atoms with Gasteiger partial charge < -0.3 is 11.1 Å². The van der Waals surface area contributed by atoms with E-state index in [1.165, 1.54) is 12.1 Å². The Morgan fingerprint density at radius 2 is 2.12 bits per heavy atom. The summed E-state index contributed by atoms with van der Waals surface area (Å²) in [5.74, 6) is 0.0303. The van der Waals surface area contributed by atoms with Gasteiger partial charge in [-0.25, -0.2) is 9.37 Å². The number of nitrogens with two attached hydrogens (primary N) is 1. The molecular formula is C11H8BrClFN3.